The number of hydrogen-bond acceptors (Lipinski definition) is 2. The molecule has 0 aromatic carbocycles. The van der Waals surface area contributed by atoms with Gasteiger partial charge in [0.1, 0.15) is 6.04 Å². The van der Waals surface area contributed by atoms with E-state index in [-0.39, 0.29) is 0 Å². The lowest BCUT2D eigenvalue weighted by Crippen LogP contribution is -2.49. The van der Waals surface area contributed by atoms with Crippen molar-refractivity contribution < 1.29 is 9.90 Å². The van der Waals surface area contributed by atoms with E-state index in [2.05, 4.69) is 0 Å². The monoisotopic (exact) mass is 223 g/mol. The lowest BCUT2D eigenvalue weighted by Gasteiger charge is -2.57. The van der Waals surface area contributed by atoms with Crippen molar-refractivity contribution in [3.8, 4) is 0 Å². The molecule has 4 fully saturated rings. The molecule has 4 rings (SSSR count). The fraction of sp³-hybridized carbons (Fsp3) is 0.923. The van der Waals surface area contributed by atoms with E-state index in [0.717, 1.165) is 17.8 Å². The van der Waals surface area contributed by atoms with Gasteiger partial charge in [0.2, 0.25) is 0 Å². The van der Waals surface area contributed by atoms with E-state index in [0.29, 0.717) is 11.8 Å². The van der Waals surface area contributed by atoms with Gasteiger partial charge in [-0.15, -0.1) is 0 Å². The third-order valence-corrected chi connectivity index (χ3v) is 5.14. The van der Waals surface area contributed by atoms with E-state index in [1.54, 1.807) is 0 Å². The normalized spacial score (nSPS) is 46.9. The van der Waals surface area contributed by atoms with Gasteiger partial charge in [-0.2, -0.15) is 0 Å². The number of carbonyl (C=O) groups is 1. The molecule has 4 aliphatic rings. The lowest BCUT2D eigenvalue weighted by atomic mass is 9.48. The average molecular weight is 223 g/mol. The molecule has 0 spiro atoms. The van der Waals surface area contributed by atoms with Crippen LogP contribution >= 0.6 is 0 Å². The second kappa shape index (κ2) is 3.46. The van der Waals surface area contributed by atoms with Crippen LogP contribution in [0.3, 0.4) is 0 Å². The molecule has 4 bridgehead atoms. The molecule has 90 valence electrons. The summed E-state index contributed by atoms with van der Waals surface area (Å²) < 4.78 is 0. The van der Waals surface area contributed by atoms with Crippen molar-refractivity contribution in [2.75, 3.05) is 0 Å². The van der Waals surface area contributed by atoms with Crippen LogP contribution in [0.25, 0.3) is 0 Å². The van der Waals surface area contributed by atoms with Crippen molar-refractivity contribution in [2.24, 2.45) is 28.9 Å². The average Bonchev–Trinajstić information content (AvgIpc) is 2.13. The molecule has 4 saturated carbocycles. The maximum atomic E-state index is 10.9. The van der Waals surface area contributed by atoms with Crippen molar-refractivity contribution in [3.63, 3.8) is 0 Å². The molecule has 0 amide bonds. The molecular formula is C13H21NO2. The summed E-state index contributed by atoms with van der Waals surface area (Å²) in [7, 11) is 0. The van der Waals surface area contributed by atoms with Gasteiger partial charge in [-0.3, -0.25) is 4.79 Å². The Morgan fingerprint density at radius 1 is 1.19 bits per heavy atom. The highest BCUT2D eigenvalue weighted by Crippen LogP contribution is 2.61. The highest BCUT2D eigenvalue weighted by Gasteiger charge is 2.51. The summed E-state index contributed by atoms with van der Waals surface area (Å²) in [6, 6.07) is -0.642. The SMILES string of the molecule is N[C@@H](CC12CC3CC(CC(C3)C1)C2)C(=O)O. The summed E-state index contributed by atoms with van der Waals surface area (Å²) in [6.45, 7) is 0. The van der Waals surface area contributed by atoms with Crippen molar-refractivity contribution in [2.45, 2.75) is 51.0 Å². The molecule has 0 aliphatic heterocycles. The number of hydrogen-bond donors (Lipinski definition) is 2. The smallest absolute Gasteiger partial charge is 0.320 e. The molecular weight excluding hydrogens is 202 g/mol. The predicted octanol–water partition coefficient (Wildman–Crippen LogP) is 2.00. The zero-order chi connectivity index (χ0) is 11.3. The van der Waals surface area contributed by atoms with Crippen molar-refractivity contribution in [1.82, 2.24) is 0 Å². The minimum atomic E-state index is -0.823. The molecule has 0 heterocycles. The van der Waals surface area contributed by atoms with Crippen molar-refractivity contribution in [1.29, 1.82) is 0 Å². The van der Waals surface area contributed by atoms with Gasteiger partial charge in [-0.25, -0.2) is 0 Å². The third-order valence-electron chi connectivity index (χ3n) is 5.14. The molecule has 0 radical (unpaired) electrons. The zero-order valence-corrected chi connectivity index (χ0v) is 9.69. The van der Waals surface area contributed by atoms with Crippen LogP contribution in [0.4, 0.5) is 0 Å². The first-order chi connectivity index (χ1) is 7.56. The van der Waals surface area contributed by atoms with Gasteiger partial charge in [-0.05, 0) is 68.1 Å². The van der Waals surface area contributed by atoms with Gasteiger partial charge in [-0.1, -0.05) is 0 Å². The van der Waals surface area contributed by atoms with E-state index in [1.165, 1.54) is 38.5 Å². The van der Waals surface area contributed by atoms with Gasteiger partial charge in [0.15, 0.2) is 0 Å². The highest BCUT2D eigenvalue weighted by atomic mass is 16.4. The summed E-state index contributed by atoms with van der Waals surface area (Å²) >= 11 is 0. The van der Waals surface area contributed by atoms with E-state index in [1.807, 2.05) is 0 Å². The van der Waals surface area contributed by atoms with Gasteiger partial charge in [0, 0.05) is 0 Å². The van der Waals surface area contributed by atoms with Gasteiger partial charge in [0.05, 0.1) is 0 Å². The van der Waals surface area contributed by atoms with Gasteiger partial charge in [0.25, 0.3) is 0 Å². The van der Waals surface area contributed by atoms with Crippen LogP contribution in [0, 0.1) is 23.2 Å². The summed E-state index contributed by atoms with van der Waals surface area (Å²) in [6.07, 6.45) is 8.68. The van der Waals surface area contributed by atoms with E-state index in [9.17, 15) is 4.79 Å². The lowest BCUT2D eigenvalue weighted by molar-refractivity contribution is -0.141. The molecule has 3 nitrogen and oxygen atoms in total. The standard InChI is InChI=1S/C13H21NO2/c14-11(12(15)16)7-13-4-8-1-9(5-13)3-10(2-8)6-13/h8-11H,1-7,14H2,(H,15,16)/t8?,9?,10?,11-,13?/m0/s1. The summed E-state index contributed by atoms with van der Waals surface area (Å²) in [4.78, 5) is 10.9. The number of aliphatic carboxylic acids is 1. The Bertz CT molecular complexity index is 278. The number of rotatable bonds is 3. The van der Waals surface area contributed by atoms with Crippen LogP contribution in [0.15, 0.2) is 0 Å². The fourth-order valence-corrected chi connectivity index (χ4v) is 5.09. The minimum absolute atomic E-state index is 0.298. The Kier molecular flexibility index (Phi) is 2.29. The van der Waals surface area contributed by atoms with Crippen molar-refractivity contribution >= 4 is 5.97 Å². The Morgan fingerprint density at radius 3 is 2.00 bits per heavy atom. The number of carboxylic acids is 1. The zero-order valence-electron chi connectivity index (χ0n) is 9.69. The highest BCUT2D eigenvalue weighted by molar-refractivity contribution is 5.73. The Hall–Kier alpha value is -0.570. The van der Waals surface area contributed by atoms with E-state index in [4.69, 9.17) is 10.8 Å². The predicted molar refractivity (Wildman–Crippen MR) is 60.8 cm³/mol. The Morgan fingerprint density at radius 2 is 1.62 bits per heavy atom. The first kappa shape index (κ1) is 10.6. The maximum absolute atomic E-state index is 10.9. The molecule has 0 saturated heterocycles. The molecule has 3 heteroatoms. The minimum Gasteiger partial charge on any atom is -0.480 e. The van der Waals surface area contributed by atoms with Gasteiger partial charge < -0.3 is 10.8 Å². The Labute approximate surface area is 96.4 Å². The molecule has 0 unspecified atom stereocenters. The second-order valence-corrected chi connectivity index (χ2v) is 6.57. The maximum Gasteiger partial charge on any atom is 0.320 e. The topological polar surface area (TPSA) is 63.3 Å². The molecule has 0 aromatic rings. The first-order valence-corrected chi connectivity index (χ1v) is 6.55. The van der Waals surface area contributed by atoms with Crippen LogP contribution in [-0.4, -0.2) is 17.1 Å². The third kappa shape index (κ3) is 1.65. The Balaban J connectivity index is 1.76. The van der Waals surface area contributed by atoms with E-state index < -0.39 is 12.0 Å². The molecule has 3 N–H and O–H groups in total. The van der Waals surface area contributed by atoms with Crippen LogP contribution < -0.4 is 5.73 Å². The van der Waals surface area contributed by atoms with Crippen molar-refractivity contribution in [3.05, 3.63) is 0 Å². The largest absolute Gasteiger partial charge is 0.480 e. The molecule has 0 aromatic heterocycles. The molecule has 4 aliphatic carbocycles. The van der Waals surface area contributed by atoms with Crippen LogP contribution in [-0.2, 0) is 4.79 Å². The van der Waals surface area contributed by atoms with Crippen LogP contribution in [0.5, 0.6) is 0 Å². The quantitative estimate of drug-likeness (QED) is 0.769. The molecule has 1 atom stereocenters. The molecule has 16 heavy (non-hydrogen) atoms. The first-order valence-electron chi connectivity index (χ1n) is 6.55. The summed E-state index contributed by atoms with van der Waals surface area (Å²) in [5.74, 6) is 1.82. The number of nitrogens with two attached hydrogens (primary N) is 1. The van der Waals surface area contributed by atoms with Crippen LogP contribution in [0.1, 0.15) is 44.9 Å². The van der Waals surface area contributed by atoms with E-state index >= 15 is 0 Å². The van der Waals surface area contributed by atoms with Gasteiger partial charge >= 0.3 is 5.97 Å². The summed E-state index contributed by atoms with van der Waals surface area (Å²) in [5, 5.41) is 8.96. The van der Waals surface area contributed by atoms with Crippen LogP contribution in [0.2, 0.25) is 0 Å². The second-order valence-electron chi connectivity index (χ2n) is 6.57. The summed E-state index contributed by atoms with van der Waals surface area (Å²) in [5.41, 5.74) is 6.04. The number of carboxylic acid groups (broad SMARTS) is 1. The fourth-order valence-electron chi connectivity index (χ4n) is 5.09.